The SMILES string of the molecule is Cc1cc(CN2CCN(c3ccc([N+](=O)[O-])cc3C#N)CC2)no1. The first-order chi connectivity index (χ1) is 11.6. The lowest BCUT2D eigenvalue weighted by Gasteiger charge is -2.36. The number of nitrogens with zero attached hydrogens (tertiary/aromatic N) is 5. The smallest absolute Gasteiger partial charge is 0.270 e. The van der Waals surface area contributed by atoms with Crippen molar-refractivity contribution >= 4 is 11.4 Å². The summed E-state index contributed by atoms with van der Waals surface area (Å²) >= 11 is 0. The van der Waals surface area contributed by atoms with Crippen LogP contribution >= 0.6 is 0 Å². The van der Waals surface area contributed by atoms with Gasteiger partial charge in [-0.2, -0.15) is 5.26 Å². The van der Waals surface area contributed by atoms with Crippen molar-refractivity contribution in [2.45, 2.75) is 13.5 Å². The summed E-state index contributed by atoms with van der Waals surface area (Å²) in [6.45, 7) is 5.76. The minimum Gasteiger partial charge on any atom is -0.368 e. The zero-order valence-corrected chi connectivity index (χ0v) is 13.3. The number of benzene rings is 1. The Morgan fingerprint density at radius 1 is 1.33 bits per heavy atom. The predicted molar refractivity (Wildman–Crippen MR) is 86.5 cm³/mol. The highest BCUT2D eigenvalue weighted by atomic mass is 16.6. The Morgan fingerprint density at radius 3 is 2.67 bits per heavy atom. The van der Waals surface area contributed by atoms with E-state index in [-0.39, 0.29) is 5.69 Å². The Balaban J connectivity index is 1.66. The van der Waals surface area contributed by atoms with E-state index in [2.05, 4.69) is 21.0 Å². The summed E-state index contributed by atoms with van der Waals surface area (Å²) in [6.07, 6.45) is 0. The fourth-order valence-electron chi connectivity index (χ4n) is 2.87. The van der Waals surface area contributed by atoms with E-state index in [1.54, 1.807) is 6.07 Å². The maximum atomic E-state index is 10.8. The molecule has 2 heterocycles. The van der Waals surface area contributed by atoms with Crippen LogP contribution in [0.25, 0.3) is 0 Å². The average Bonchev–Trinajstić information content (AvgIpc) is 3.00. The molecule has 0 radical (unpaired) electrons. The molecule has 0 bridgehead atoms. The van der Waals surface area contributed by atoms with Crippen LogP contribution < -0.4 is 4.90 Å². The lowest BCUT2D eigenvalue weighted by molar-refractivity contribution is -0.384. The number of non-ortho nitro benzene ring substituents is 1. The van der Waals surface area contributed by atoms with Gasteiger partial charge in [0.1, 0.15) is 11.8 Å². The van der Waals surface area contributed by atoms with E-state index in [0.29, 0.717) is 5.56 Å². The van der Waals surface area contributed by atoms with E-state index in [0.717, 1.165) is 49.9 Å². The van der Waals surface area contributed by atoms with Crippen molar-refractivity contribution in [3.05, 3.63) is 51.4 Å². The third kappa shape index (κ3) is 3.36. The maximum Gasteiger partial charge on any atom is 0.270 e. The second kappa shape index (κ2) is 6.68. The summed E-state index contributed by atoms with van der Waals surface area (Å²) in [5, 5.41) is 24.1. The first-order valence-electron chi connectivity index (χ1n) is 7.65. The van der Waals surface area contributed by atoms with E-state index < -0.39 is 4.92 Å². The molecule has 24 heavy (non-hydrogen) atoms. The van der Waals surface area contributed by atoms with Gasteiger partial charge in [0.25, 0.3) is 5.69 Å². The molecule has 124 valence electrons. The average molecular weight is 327 g/mol. The number of hydrogen-bond donors (Lipinski definition) is 0. The summed E-state index contributed by atoms with van der Waals surface area (Å²) in [7, 11) is 0. The van der Waals surface area contributed by atoms with Gasteiger partial charge in [0.15, 0.2) is 0 Å². The molecule has 0 spiro atoms. The summed E-state index contributed by atoms with van der Waals surface area (Å²) < 4.78 is 5.08. The second-order valence-electron chi connectivity index (χ2n) is 5.76. The molecule has 0 unspecified atom stereocenters. The van der Waals surface area contributed by atoms with Crippen LogP contribution in [0.15, 0.2) is 28.8 Å². The van der Waals surface area contributed by atoms with Crippen molar-refractivity contribution in [1.29, 1.82) is 5.26 Å². The maximum absolute atomic E-state index is 10.8. The Hall–Kier alpha value is -2.92. The Morgan fingerprint density at radius 2 is 2.08 bits per heavy atom. The van der Waals surface area contributed by atoms with Gasteiger partial charge in [0, 0.05) is 50.9 Å². The Bertz CT molecular complexity index is 787. The summed E-state index contributed by atoms with van der Waals surface area (Å²) in [6, 6.07) is 8.43. The van der Waals surface area contributed by atoms with Crippen LogP contribution in [-0.4, -0.2) is 41.2 Å². The van der Waals surface area contributed by atoms with Gasteiger partial charge < -0.3 is 9.42 Å². The zero-order valence-electron chi connectivity index (χ0n) is 13.3. The Kier molecular flexibility index (Phi) is 4.44. The summed E-state index contributed by atoms with van der Waals surface area (Å²) in [5.41, 5.74) is 1.94. The Labute approximate surface area is 139 Å². The molecule has 3 rings (SSSR count). The molecule has 1 aromatic carbocycles. The molecule has 2 aromatic rings. The molecule has 1 aliphatic rings. The van der Waals surface area contributed by atoms with Crippen LogP contribution in [0.4, 0.5) is 11.4 Å². The van der Waals surface area contributed by atoms with Crippen molar-refractivity contribution in [3.8, 4) is 6.07 Å². The standard InChI is InChI=1S/C16H17N5O3/c1-12-8-14(18-24-12)11-19-4-6-20(7-5-19)16-3-2-15(21(22)23)9-13(16)10-17/h2-3,8-9H,4-7,11H2,1H3. The van der Waals surface area contributed by atoms with Crippen molar-refractivity contribution in [2.24, 2.45) is 0 Å². The second-order valence-corrected chi connectivity index (χ2v) is 5.76. The zero-order chi connectivity index (χ0) is 17.1. The first-order valence-corrected chi connectivity index (χ1v) is 7.65. The van der Waals surface area contributed by atoms with Gasteiger partial charge in [-0.25, -0.2) is 0 Å². The van der Waals surface area contributed by atoms with Crippen LogP contribution in [0.1, 0.15) is 17.0 Å². The van der Waals surface area contributed by atoms with Gasteiger partial charge in [-0.1, -0.05) is 5.16 Å². The summed E-state index contributed by atoms with van der Waals surface area (Å²) in [4.78, 5) is 14.7. The number of rotatable bonds is 4. The van der Waals surface area contributed by atoms with E-state index in [1.807, 2.05) is 13.0 Å². The van der Waals surface area contributed by atoms with Crippen LogP contribution in [0.2, 0.25) is 0 Å². The minimum atomic E-state index is -0.484. The molecule has 0 atom stereocenters. The highest BCUT2D eigenvalue weighted by Crippen LogP contribution is 2.26. The normalized spacial score (nSPS) is 15.2. The van der Waals surface area contributed by atoms with Crippen LogP contribution in [0, 0.1) is 28.4 Å². The number of aryl methyl sites for hydroxylation is 1. The molecule has 1 aromatic heterocycles. The van der Waals surface area contributed by atoms with Crippen molar-refractivity contribution < 1.29 is 9.45 Å². The van der Waals surface area contributed by atoms with Crippen LogP contribution in [-0.2, 0) is 6.54 Å². The molecule has 8 heteroatoms. The van der Waals surface area contributed by atoms with E-state index >= 15 is 0 Å². The first kappa shape index (κ1) is 16.0. The molecule has 1 fully saturated rings. The molecular formula is C16H17N5O3. The number of aromatic nitrogens is 1. The van der Waals surface area contributed by atoms with Gasteiger partial charge in [-0.15, -0.1) is 0 Å². The fraction of sp³-hybridized carbons (Fsp3) is 0.375. The van der Waals surface area contributed by atoms with Gasteiger partial charge in [-0.05, 0) is 13.0 Å². The quantitative estimate of drug-likeness (QED) is 0.626. The topological polar surface area (TPSA) is 99.4 Å². The predicted octanol–water partition coefficient (Wildman–Crippen LogP) is 2.09. The van der Waals surface area contributed by atoms with Crippen molar-refractivity contribution in [3.63, 3.8) is 0 Å². The molecular weight excluding hydrogens is 310 g/mol. The third-order valence-electron chi connectivity index (χ3n) is 4.09. The van der Waals surface area contributed by atoms with Gasteiger partial charge >= 0.3 is 0 Å². The number of hydrogen-bond acceptors (Lipinski definition) is 7. The molecule has 1 saturated heterocycles. The van der Waals surface area contributed by atoms with Gasteiger partial charge in [0.05, 0.1) is 21.9 Å². The lowest BCUT2D eigenvalue weighted by Crippen LogP contribution is -2.46. The minimum absolute atomic E-state index is 0.0599. The van der Waals surface area contributed by atoms with E-state index in [9.17, 15) is 15.4 Å². The van der Waals surface area contributed by atoms with Crippen molar-refractivity contribution in [2.75, 3.05) is 31.1 Å². The highest BCUT2D eigenvalue weighted by Gasteiger charge is 2.21. The largest absolute Gasteiger partial charge is 0.368 e. The number of anilines is 1. The van der Waals surface area contributed by atoms with Crippen LogP contribution in [0.5, 0.6) is 0 Å². The van der Waals surface area contributed by atoms with Gasteiger partial charge in [0.2, 0.25) is 0 Å². The monoisotopic (exact) mass is 327 g/mol. The number of nitro groups is 1. The number of nitriles is 1. The summed E-state index contributed by atoms with van der Waals surface area (Å²) in [5.74, 6) is 0.799. The van der Waals surface area contributed by atoms with Crippen LogP contribution in [0.3, 0.4) is 0 Å². The highest BCUT2D eigenvalue weighted by molar-refractivity contribution is 5.63. The fourth-order valence-corrected chi connectivity index (χ4v) is 2.87. The molecule has 8 nitrogen and oxygen atoms in total. The van der Waals surface area contributed by atoms with E-state index in [4.69, 9.17) is 4.52 Å². The molecule has 0 amide bonds. The molecule has 0 N–H and O–H groups in total. The third-order valence-corrected chi connectivity index (χ3v) is 4.09. The number of piperazine rings is 1. The molecule has 0 aliphatic carbocycles. The lowest BCUT2D eigenvalue weighted by atomic mass is 10.1. The molecule has 1 aliphatic heterocycles. The van der Waals surface area contributed by atoms with Gasteiger partial charge in [-0.3, -0.25) is 15.0 Å². The number of nitro benzene ring substituents is 1. The van der Waals surface area contributed by atoms with Crippen molar-refractivity contribution in [1.82, 2.24) is 10.1 Å². The molecule has 0 saturated carbocycles. The van der Waals surface area contributed by atoms with E-state index in [1.165, 1.54) is 12.1 Å².